The summed E-state index contributed by atoms with van der Waals surface area (Å²) in [4.78, 5) is 58.8. The number of aliphatic carboxylic acids is 1. The first-order chi connectivity index (χ1) is 28.5. The summed E-state index contributed by atoms with van der Waals surface area (Å²) < 4.78 is 42.9. The second-order valence-electron chi connectivity index (χ2n) is 14.9. The summed E-state index contributed by atoms with van der Waals surface area (Å²) in [6.45, 7) is 5.93. The number of benzene rings is 2. The molecule has 1 fully saturated rings. The molecule has 0 aliphatic heterocycles. The number of amides is 3. The van der Waals surface area contributed by atoms with Crippen LogP contribution in [0, 0.1) is 11.8 Å². The van der Waals surface area contributed by atoms with Crippen LogP contribution in [0.3, 0.4) is 0 Å². The lowest BCUT2D eigenvalue weighted by Gasteiger charge is -2.36. The Balaban J connectivity index is 0.000000896. The van der Waals surface area contributed by atoms with Crippen LogP contribution in [-0.2, 0) is 25.5 Å². The van der Waals surface area contributed by atoms with E-state index in [1.807, 2.05) is 51.1 Å². The molecule has 5 aromatic rings. The maximum atomic E-state index is 14.4. The van der Waals surface area contributed by atoms with Crippen LogP contribution >= 0.6 is 0 Å². The van der Waals surface area contributed by atoms with Gasteiger partial charge in [-0.2, -0.15) is 18.4 Å². The van der Waals surface area contributed by atoms with Gasteiger partial charge in [-0.1, -0.05) is 24.3 Å². The van der Waals surface area contributed by atoms with Crippen molar-refractivity contribution in [3.8, 4) is 34.1 Å². The monoisotopic (exact) mass is 831 g/mol. The zero-order valence-corrected chi connectivity index (χ0v) is 32.9. The van der Waals surface area contributed by atoms with Crippen molar-refractivity contribution in [2.45, 2.75) is 70.7 Å². The molecule has 1 aliphatic rings. The molecule has 1 atom stereocenters. The predicted octanol–water partition coefficient (Wildman–Crippen LogP) is 6.51. The lowest BCUT2D eigenvalue weighted by atomic mass is 9.81. The van der Waals surface area contributed by atoms with Gasteiger partial charge in [0.1, 0.15) is 17.4 Å². The van der Waals surface area contributed by atoms with E-state index >= 15 is 0 Å². The highest BCUT2D eigenvalue weighted by molar-refractivity contribution is 6.01. The molecule has 5 N–H and O–H groups in total. The minimum absolute atomic E-state index is 0.170. The smallest absolute Gasteiger partial charge is 0.475 e. The second-order valence-corrected chi connectivity index (χ2v) is 14.9. The largest absolute Gasteiger partial charge is 0.490 e. The second kappa shape index (κ2) is 19.7. The number of primary amides is 1. The first-order valence-electron chi connectivity index (χ1n) is 18.8. The summed E-state index contributed by atoms with van der Waals surface area (Å²) in [6.07, 6.45) is 2.39. The minimum Gasteiger partial charge on any atom is -0.475 e. The number of tetrazole rings is 1. The van der Waals surface area contributed by atoms with Gasteiger partial charge in [0.2, 0.25) is 23.5 Å². The Kier molecular flexibility index (Phi) is 14.5. The van der Waals surface area contributed by atoms with Crippen molar-refractivity contribution in [2.24, 2.45) is 17.6 Å². The van der Waals surface area contributed by atoms with Crippen LogP contribution in [0.5, 0.6) is 11.6 Å². The molecule has 2 aromatic carbocycles. The Hall–Kier alpha value is -6.92. The van der Waals surface area contributed by atoms with E-state index in [-0.39, 0.29) is 24.2 Å². The number of carboxylic acids is 1. The van der Waals surface area contributed by atoms with Crippen molar-refractivity contribution in [2.75, 3.05) is 11.4 Å². The van der Waals surface area contributed by atoms with Crippen molar-refractivity contribution < 1.29 is 46.9 Å². The number of ether oxygens (including phenoxy) is 2. The minimum atomic E-state index is -5.08. The number of H-pyrrole nitrogens is 1. The number of aromatic nitrogens is 6. The van der Waals surface area contributed by atoms with Crippen LogP contribution in [0.25, 0.3) is 22.5 Å². The van der Waals surface area contributed by atoms with Crippen molar-refractivity contribution >= 4 is 29.6 Å². The summed E-state index contributed by atoms with van der Waals surface area (Å²) in [6, 6.07) is 21.2. The number of carbonyl (C=O) groups is 4. The molecule has 3 heterocycles. The number of aromatic amines is 1. The molecule has 0 spiro atoms. The molecule has 0 radical (unpaired) electrons. The summed E-state index contributed by atoms with van der Waals surface area (Å²) >= 11 is 0. The molecule has 3 aromatic heterocycles. The van der Waals surface area contributed by atoms with Gasteiger partial charge in [-0.3, -0.25) is 19.5 Å². The van der Waals surface area contributed by atoms with E-state index in [4.69, 9.17) is 25.1 Å². The van der Waals surface area contributed by atoms with E-state index in [1.165, 1.54) is 0 Å². The topological polar surface area (TPSA) is 228 Å². The van der Waals surface area contributed by atoms with Crippen LogP contribution in [0.15, 0.2) is 91.4 Å². The SMILES string of the molecule is CC(C)(C)OC(=O)NC[C@H]1CC[C@H](C(=O)N(c2ccc(-c3nn[nH]n3)cc2)[C@@H](Cc2ccc(-c3ccc(Oc4cccnc4)nc3)cc2)C(N)=O)CC1.O=C(O)C(F)(F)F. The van der Waals surface area contributed by atoms with Gasteiger partial charge in [0.15, 0.2) is 0 Å². The first kappa shape index (κ1) is 44.2. The first-order valence-corrected chi connectivity index (χ1v) is 18.8. The van der Waals surface area contributed by atoms with Crippen molar-refractivity contribution in [1.29, 1.82) is 0 Å². The van der Waals surface area contributed by atoms with Crippen molar-refractivity contribution in [3.63, 3.8) is 0 Å². The fourth-order valence-corrected chi connectivity index (χ4v) is 6.38. The van der Waals surface area contributed by atoms with E-state index in [1.54, 1.807) is 66.0 Å². The molecule has 1 saturated carbocycles. The highest BCUT2D eigenvalue weighted by Crippen LogP contribution is 2.33. The summed E-state index contributed by atoms with van der Waals surface area (Å²) in [5.74, 6) is -2.21. The van der Waals surface area contributed by atoms with Crippen molar-refractivity contribution in [3.05, 3.63) is 97.0 Å². The quantitative estimate of drug-likeness (QED) is 0.106. The Morgan fingerprint density at radius 3 is 2.10 bits per heavy atom. The van der Waals surface area contributed by atoms with E-state index in [2.05, 4.69) is 35.9 Å². The van der Waals surface area contributed by atoms with E-state index in [0.717, 1.165) is 29.5 Å². The van der Waals surface area contributed by atoms with Crippen LogP contribution in [-0.4, -0.2) is 83.9 Å². The number of hydrogen-bond donors (Lipinski definition) is 4. The standard InChI is InChI=1S/C39H43N9O5.C2HF3O2/c1-39(2,3)53-38(51)43-22-26-8-12-29(13-9-26)37(50)48(31-17-14-28(15-18-31)36-44-46-47-45-36)33(35(40)49)21-25-6-10-27(11-7-25)30-16-19-34(42-23-30)52-32-5-4-20-41-24-32;3-2(4,5)1(6)7/h4-7,10-11,14-20,23-24,26,29,33H,8-9,12-13,21-22H2,1-3H3,(H2,40,49)(H,43,51)(H,44,45,46,47);(H,6,7)/t26-,29-,33-;/m0./s1. The van der Waals surface area contributed by atoms with Gasteiger partial charge < -0.3 is 25.6 Å². The number of anilines is 1. The van der Waals surface area contributed by atoms with Gasteiger partial charge in [0.25, 0.3) is 0 Å². The average molecular weight is 832 g/mol. The Morgan fingerprint density at radius 1 is 0.917 bits per heavy atom. The van der Waals surface area contributed by atoms with Gasteiger partial charge in [0.05, 0.1) is 6.20 Å². The predicted molar refractivity (Wildman–Crippen MR) is 211 cm³/mol. The molecule has 16 nitrogen and oxygen atoms in total. The number of carbonyl (C=O) groups excluding carboxylic acids is 3. The Bertz CT molecular complexity index is 2180. The third-order valence-corrected chi connectivity index (χ3v) is 9.31. The molecule has 1 aliphatic carbocycles. The molecule has 0 unspecified atom stereocenters. The summed E-state index contributed by atoms with van der Waals surface area (Å²) in [7, 11) is 0. The highest BCUT2D eigenvalue weighted by atomic mass is 19.4. The number of nitrogens with one attached hydrogen (secondary N) is 2. The molecule has 0 bridgehead atoms. The van der Waals surface area contributed by atoms with Gasteiger partial charge >= 0.3 is 18.2 Å². The van der Waals surface area contributed by atoms with Gasteiger partial charge in [0, 0.05) is 54.2 Å². The number of hydrogen-bond acceptors (Lipinski definition) is 11. The molecule has 3 amide bonds. The molecule has 6 rings (SSSR count). The number of nitrogens with two attached hydrogens (primary N) is 1. The number of nitrogens with zero attached hydrogens (tertiary/aromatic N) is 6. The van der Waals surface area contributed by atoms with Crippen LogP contribution in [0.1, 0.15) is 52.0 Å². The third kappa shape index (κ3) is 12.8. The van der Waals surface area contributed by atoms with E-state index in [0.29, 0.717) is 48.1 Å². The van der Waals surface area contributed by atoms with Crippen LogP contribution in [0.4, 0.5) is 23.7 Å². The molecular formula is C41H44F3N9O7. The van der Waals surface area contributed by atoms with Gasteiger partial charge in [-0.15, -0.1) is 10.2 Å². The van der Waals surface area contributed by atoms with E-state index < -0.39 is 35.8 Å². The Labute approximate surface area is 342 Å². The number of carboxylic acid groups (broad SMARTS) is 1. The normalized spacial score (nSPS) is 15.7. The molecule has 316 valence electrons. The van der Waals surface area contributed by atoms with Crippen molar-refractivity contribution in [1.82, 2.24) is 35.9 Å². The summed E-state index contributed by atoms with van der Waals surface area (Å²) in [5, 5.41) is 24.1. The van der Waals surface area contributed by atoms with Crippen LogP contribution < -0.4 is 20.7 Å². The number of alkyl halides is 3. The van der Waals surface area contributed by atoms with Crippen LogP contribution in [0.2, 0.25) is 0 Å². The number of pyridine rings is 2. The fourth-order valence-electron chi connectivity index (χ4n) is 6.38. The molecule has 19 heteroatoms. The summed E-state index contributed by atoms with van der Waals surface area (Å²) in [5.41, 5.74) is 9.38. The van der Waals surface area contributed by atoms with Gasteiger partial charge in [-0.05, 0) is 111 Å². The number of rotatable bonds is 12. The molecular weight excluding hydrogens is 788 g/mol. The lowest BCUT2D eigenvalue weighted by molar-refractivity contribution is -0.192. The Morgan fingerprint density at radius 2 is 1.57 bits per heavy atom. The zero-order valence-electron chi connectivity index (χ0n) is 32.9. The maximum absolute atomic E-state index is 14.4. The van der Waals surface area contributed by atoms with Gasteiger partial charge in [-0.25, -0.2) is 14.6 Å². The average Bonchev–Trinajstić information content (AvgIpc) is 3.76. The third-order valence-electron chi connectivity index (χ3n) is 9.31. The van der Waals surface area contributed by atoms with E-state index in [9.17, 15) is 27.6 Å². The number of alkyl carbamates (subject to hydrolysis) is 1. The number of halogens is 3. The zero-order chi connectivity index (χ0) is 43.5. The molecule has 60 heavy (non-hydrogen) atoms. The molecule has 0 saturated heterocycles. The maximum Gasteiger partial charge on any atom is 0.490 e. The fraction of sp³-hybridized carbons (Fsp3) is 0.341. The lowest BCUT2D eigenvalue weighted by Crippen LogP contribution is -2.52. The highest BCUT2D eigenvalue weighted by Gasteiger charge is 2.38.